The third-order valence-electron chi connectivity index (χ3n) is 2.97. The average molecular weight is 200 g/mol. The Labute approximate surface area is 87.4 Å². The highest BCUT2D eigenvalue weighted by Crippen LogP contribution is 2.36. The van der Waals surface area contributed by atoms with Crippen LogP contribution in [0.15, 0.2) is 0 Å². The van der Waals surface area contributed by atoms with Crippen molar-refractivity contribution in [2.45, 2.75) is 52.2 Å². The fourth-order valence-corrected chi connectivity index (χ4v) is 2.11. The van der Waals surface area contributed by atoms with E-state index >= 15 is 0 Å². The SMILES string of the molecule is COC(C(CC1CC1)NN)C(C)(C)C. The van der Waals surface area contributed by atoms with Gasteiger partial charge in [-0.15, -0.1) is 0 Å². The van der Waals surface area contributed by atoms with E-state index in [1.165, 1.54) is 12.8 Å². The lowest BCUT2D eigenvalue weighted by atomic mass is 9.83. The minimum Gasteiger partial charge on any atom is -0.379 e. The molecule has 2 unspecified atom stereocenters. The smallest absolute Gasteiger partial charge is 0.0785 e. The zero-order chi connectivity index (χ0) is 10.8. The first kappa shape index (κ1) is 12.0. The Morgan fingerprint density at radius 3 is 2.29 bits per heavy atom. The van der Waals surface area contributed by atoms with Crippen LogP contribution in [-0.2, 0) is 4.74 Å². The number of methoxy groups -OCH3 is 1. The minimum absolute atomic E-state index is 0.140. The van der Waals surface area contributed by atoms with Gasteiger partial charge in [0.15, 0.2) is 0 Å². The predicted octanol–water partition coefficient (Wildman–Crippen LogP) is 1.68. The molecular formula is C11H24N2O. The van der Waals surface area contributed by atoms with Crippen LogP contribution >= 0.6 is 0 Å². The Morgan fingerprint density at radius 1 is 1.43 bits per heavy atom. The summed E-state index contributed by atoms with van der Waals surface area (Å²) in [4.78, 5) is 0. The molecule has 0 saturated heterocycles. The first-order chi connectivity index (χ1) is 6.49. The lowest BCUT2D eigenvalue weighted by molar-refractivity contribution is -0.0144. The molecule has 0 amide bonds. The predicted molar refractivity (Wildman–Crippen MR) is 58.7 cm³/mol. The first-order valence-corrected chi connectivity index (χ1v) is 5.48. The van der Waals surface area contributed by atoms with Crippen LogP contribution in [-0.4, -0.2) is 19.3 Å². The molecule has 1 aliphatic rings. The highest BCUT2D eigenvalue weighted by Gasteiger charge is 2.35. The maximum atomic E-state index is 5.59. The van der Waals surface area contributed by atoms with E-state index in [-0.39, 0.29) is 17.6 Å². The molecule has 0 aliphatic heterocycles. The van der Waals surface area contributed by atoms with Gasteiger partial charge in [0.1, 0.15) is 0 Å². The zero-order valence-corrected chi connectivity index (χ0v) is 9.84. The number of nitrogens with two attached hydrogens (primary N) is 1. The second kappa shape index (κ2) is 4.60. The van der Waals surface area contributed by atoms with Crippen LogP contribution in [0.5, 0.6) is 0 Å². The van der Waals surface area contributed by atoms with E-state index < -0.39 is 0 Å². The summed E-state index contributed by atoms with van der Waals surface area (Å²) in [6.07, 6.45) is 4.05. The second-order valence-electron chi connectivity index (χ2n) is 5.47. The van der Waals surface area contributed by atoms with Gasteiger partial charge in [-0.25, -0.2) is 0 Å². The van der Waals surface area contributed by atoms with E-state index in [2.05, 4.69) is 26.2 Å². The Hall–Kier alpha value is -0.120. The van der Waals surface area contributed by atoms with Crippen molar-refractivity contribution in [3.63, 3.8) is 0 Å². The third kappa shape index (κ3) is 3.23. The van der Waals surface area contributed by atoms with E-state index in [9.17, 15) is 0 Å². The van der Waals surface area contributed by atoms with Crippen LogP contribution < -0.4 is 11.3 Å². The molecule has 1 fully saturated rings. The minimum atomic E-state index is 0.140. The Bertz CT molecular complexity index is 173. The van der Waals surface area contributed by atoms with Crippen LogP contribution in [0.4, 0.5) is 0 Å². The summed E-state index contributed by atoms with van der Waals surface area (Å²) >= 11 is 0. The lowest BCUT2D eigenvalue weighted by Crippen LogP contribution is -2.50. The van der Waals surface area contributed by atoms with Crippen molar-refractivity contribution in [2.24, 2.45) is 17.2 Å². The molecule has 0 radical (unpaired) electrons. The maximum Gasteiger partial charge on any atom is 0.0785 e. The molecule has 84 valence electrons. The van der Waals surface area contributed by atoms with Gasteiger partial charge in [0.2, 0.25) is 0 Å². The van der Waals surface area contributed by atoms with Gasteiger partial charge < -0.3 is 4.74 Å². The molecule has 0 aromatic carbocycles. The molecule has 0 aromatic heterocycles. The summed E-state index contributed by atoms with van der Waals surface area (Å²) in [7, 11) is 1.77. The van der Waals surface area contributed by atoms with E-state index in [4.69, 9.17) is 10.6 Å². The quantitative estimate of drug-likeness (QED) is 0.524. The van der Waals surface area contributed by atoms with Crippen molar-refractivity contribution in [3.8, 4) is 0 Å². The molecule has 0 aromatic rings. The summed E-state index contributed by atoms with van der Waals surface area (Å²) < 4.78 is 5.55. The molecule has 3 N–H and O–H groups in total. The molecule has 0 bridgehead atoms. The average Bonchev–Trinajstić information content (AvgIpc) is 2.85. The normalized spacial score (nSPS) is 22.1. The van der Waals surface area contributed by atoms with E-state index in [0.29, 0.717) is 0 Å². The Kier molecular flexibility index (Phi) is 3.93. The number of hydrazine groups is 1. The molecular weight excluding hydrogens is 176 g/mol. The van der Waals surface area contributed by atoms with E-state index in [1.807, 2.05) is 0 Å². The number of nitrogens with one attached hydrogen (secondary N) is 1. The highest BCUT2D eigenvalue weighted by molar-refractivity contribution is 4.89. The van der Waals surface area contributed by atoms with Crippen LogP contribution in [0, 0.1) is 11.3 Å². The van der Waals surface area contributed by atoms with Gasteiger partial charge in [0, 0.05) is 13.2 Å². The van der Waals surface area contributed by atoms with Gasteiger partial charge in [-0.05, 0) is 17.8 Å². The van der Waals surface area contributed by atoms with Gasteiger partial charge in [0.05, 0.1) is 6.10 Å². The number of rotatable bonds is 5. The van der Waals surface area contributed by atoms with Crippen molar-refractivity contribution in [3.05, 3.63) is 0 Å². The summed E-state index contributed by atoms with van der Waals surface area (Å²) in [5.41, 5.74) is 3.05. The molecule has 1 saturated carbocycles. The Balaban J connectivity index is 2.53. The van der Waals surface area contributed by atoms with Crippen molar-refractivity contribution in [2.75, 3.05) is 7.11 Å². The van der Waals surface area contributed by atoms with Crippen LogP contribution in [0.1, 0.15) is 40.0 Å². The van der Waals surface area contributed by atoms with Gasteiger partial charge in [0.25, 0.3) is 0 Å². The van der Waals surface area contributed by atoms with Crippen molar-refractivity contribution in [1.82, 2.24) is 5.43 Å². The Morgan fingerprint density at radius 2 is 2.00 bits per heavy atom. The summed E-state index contributed by atoms with van der Waals surface area (Å²) in [5, 5.41) is 0. The standard InChI is InChI=1S/C11H24N2O/c1-11(2,3)10(14-4)9(13-12)7-8-5-6-8/h8-10,13H,5-7,12H2,1-4H3. The fourth-order valence-electron chi connectivity index (χ4n) is 2.11. The van der Waals surface area contributed by atoms with Crippen molar-refractivity contribution < 1.29 is 4.74 Å². The topological polar surface area (TPSA) is 47.3 Å². The molecule has 3 heteroatoms. The monoisotopic (exact) mass is 200 g/mol. The number of hydrogen-bond donors (Lipinski definition) is 2. The fraction of sp³-hybridized carbons (Fsp3) is 1.00. The zero-order valence-electron chi connectivity index (χ0n) is 9.84. The molecule has 0 spiro atoms. The summed E-state index contributed by atoms with van der Waals surface area (Å²) in [6.45, 7) is 6.58. The van der Waals surface area contributed by atoms with E-state index in [0.717, 1.165) is 12.3 Å². The van der Waals surface area contributed by atoms with Gasteiger partial charge in [-0.2, -0.15) is 0 Å². The second-order valence-corrected chi connectivity index (χ2v) is 5.47. The lowest BCUT2D eigenvalue weighted by Gasteiger charge is -2.35. The molecule has 2 atom stereocenters. The summed E-state index contributed by atoms with van der Waals surface area (Å²) in [5.74, 6) is 6.46. The van der Waals surface area contributed by atoms with Crippen LogP contribution in [0.25, 0.3) is 0 Å². The van der Waals surface area contributed by atoms with Gasteiger partial charge in [-0.3, -0.25) is 11.3 Å². The van der Waals surface area contributed by atoms with E-state index in [1.54, 1.807) is 7.11 Å². The molecule has 1 aliphatic carbocycles. The third-order valence-corrected chi connectivity index (χ3v) is 2.97. The van der Waals surface area contributed by atoms with Crippen molar-refractivity contribution >= 4 is 0 Å². The molecule has 14 heavy (non-hydrogen) atoms. The van der Waals surface area contributed by atoms with Gasteiger partial charge >= 0.3 is 0 Å². The van der Waals surface area contributed by atoms with Gasteiger partial charge in [-0.1, -0.05) is 33.6 Å². The number of ether oxygens (including phenoxy) is 1. The summed E-state index contributed by atoms with van der Waals surface area (Å²) in [6, 6.07) is 0.285. The first-order valence-electron chi connectivity index (χ1n) is 5.48. The van der Waals surface area contributed by atoms with Crippen molar-refractivity contribution in [1.29, 1.82) is 0 Å². The van der Waals surface area contributed by atoms with Crippen LogP contribution in [0.3, 0.4) is 0 Å². The number of hydrogen-bond acceptors (Lipinski definition) is 3. The molecule has 0 heterocycles. The van der Waals surface area contributed by atoms with Crippen LogP contribution in [0.2, 0.25) is 0 Å². The molecule has 1 rings (SSSR count). The maximum absolute atomic E-state index is 5.59. The highest BCUT2D eigenvalue weighted by atomic mass is 16.5. The molecule has 3 nitrogen and oxygen atoms in total. The largest absolute Gasteiger partial charge is 0.379 e.